The SMILES string of the molecule is CCOP(=O)(OCC)c1cn(CCNC(=O)OC(C)(C)C)nn1. The van der Waals surface area contributed by atoms with Crippen molar-refractivity contribution < 1.29 is 23.1 Å². The lowest BCUT2D eigenvalue weighted by molar-refractivity contribution is 0.0525. The van der Waals surface area contributed by atoms with Crippen molar-refractivity contribution in [1.29, 1.82) is 0 Å². The second-order valence-corrected chi connectivity index (χ2v) is 7.57. The highest BCUT2D eigenvalue weighted by molar-refractivity contribution is 7.61. The fourth-order valence-corrected chi connectivity index (χ4v) is 3.06. The quantitative estimate of drug-likeness (QED) is 0.713. The van der Waals surface area contributed by atoms with Gasteiger partial charge in [0.25, 0.3) is 0 Å². The largest absolute Gasteiger partial charge is 0.444 e. The van der Waals surface area contributed by atoms with Gasteiger partial charge in [0.2, 0.25) is 0 Å². The molecule has 0 aliphatic heterocycles. The number of carbonyl (C=O) groups excluding carboxylic acids is 1. The highest BCUT2D eigenvalue weighted by Gasteiger charge is 2.30. The smallest absolute Gasteiger partial charge is 0.407 e. The monoisotopic (exact) mass is 348 g/mol. The Kier molecular flexibility index (Phi) is 7.18. The molecule has 0 spiro atoms. The molecule has 23 heavy (non-hydrogen) atoms. The van der Waals surface area contributed by atoms with E-state index in [9.17, 15) is 9.36 Å². The zero-order valence-electron chi connectivity index (χ0n) is 14.2. The molecule has 0 aliphatic rings. The molecule has 1 aromatic rings. The van der Waals surface area contributed by atoms with Gasteiger partial charge in [0.05, 0.1) is 26.0 Å². The molecule has 10 heteroatoms. The van der Waals surface area contributed by atoms with Crippen LogP contribution in [0.25, 0.3) is 0 Å². The van der Waals surface area contributed by atoms with Crippen molar-refractivity contribution >= 4 is 19.1 Å². The molecule has 9 nitrogen and oxygen atoms in total. The molecular formula is C13H25N4O5P. The van der Waals surface area contributed by atoms with Crippen LogP contribution in [-0.2, 0) is 24.9 Å². The Labute approximate surface area is 136 Å². The van der Waals surface area contributed by atoms with Crippen molar-refractivity contribution in [2.45, 2.75) is 46.8 Å². The molecule has 0 unspecified atom stereocenters. The summed E-state index contributed by atoms with van der Waals surface area (Å²) < 4.78 is 29.5. The minimum atomic E-state index is -3.44. The van der Waals surface area contributed by atoms with Gasteiger partial charge in [0, 0.05) is 6.54 Å². The van der Waals surface area contributed by atoms with Crippen molar-refractivity contribution in [2.75, 3.05) is 19.8 Å². The van der Waals surface area contributed by atoms with Crippen molar-refractivity contribution in [3.05, 3.63) is 6.20 Å². The molecular weight excluding hydrogens is 323 g/mol. The molecule has 1 amide bonds. The first kappa shape index (κ1) is 19.6. The lowest BCUT2D eigenvalue weighted by Crippen LogP contribution is -2.34. The van der Waals surface area contributed by atoms with Gasteiger partial charge in [-0.05, 0) is 34.6 Å². The fraction of sp³-hybridized carbons (Fsp3) is 0.769. The zero-order chi connectivity index (χ0) is 17.5. The first-order valence-corrected chi connectivity index (χ1v) is 9.01. The average Bonchev–Trinajstić information content (AvgIpc) is 2.86. The topological polar surface area (TPSA) is 105 Å². The van der Waals surface area contributed by atoms with Crippen molar-refractivity contribution in [1.82, 2.24) is 20.3 Å². The Hall–Kier alpha value is -1.44. The molecule has 0 fully saturated rings. The Morgan fingerprint density at radius 3 is 2.43 bits per heavy atom. The van der Waals surface area contributed by atoms with E-state index in [0.717, 1.165) is 0 Å². The van der Waals surface area contributed by atoms with Gasteiger partial charge >= 0.3 is 13.7 Å². The van der Waals surface area contributed by atoms with E-state index in [1.807, 2.05) is 0 Å². The van der Waals surface area contributed by atoms with Gasteiger partial charge in [-0.3, -0.25) is 4.57 Å². The molecule has 0 saturated heterocycles. The summed E-state index contributed by atoms with van der Waals surface area (Å²) in [4.78, 5) is 11.5. The van der Waals surface area contributed by atoms with Crippen molar-refractivity contribution in [2.24, 2.45) is 0 Å². The molecule has 0 saturated carbocycles. The normalized spacial score (nSPS) is 12.2. The van der Waals surface area contributed by atoms with Crippen LogP contribution in [0.4, 0.5) is 4.79 Å². The predicted octanol–water partition coefficient (Wildman–Crippen LogP) is 1.69. The number of nitrogens with zero attached hydrogens (tertiary/aromatic N) is 3. The maximum absolute atomic E-state index is 12.5. The summed E-state index contributed by atoms with van der Waals surface area (Å²) >= 11 is 0. The zero-order valence-corrected chi connectivity index (χ0v) is 15.1. The summed E-state index contributed by atoms with van der Waals surface area (Å²) in [7, 11) is -3.44. The Balaban J connectivity index is 2.56. The Bertz CT molecular complexity index is 545. The van der Waals surface area contributed by atoms with Crippen LogP contribution in [0.1, 0.15) is 34.6 Å². The highest BCUT2D eigenvalue weighted by Crippen LogP contribution is 2.45. The number of amides is 1. The summed E-state index contributed by atoms with van der Waals surface area (Å²) in [5.41, 5.74) is -0.398. The van der Waals surface area contributed by atoms with Crippen molar-refractivity contribution in [3.63, 3.8) is 0 Å². The van der Waals surface area contributed by atoms with E-state index in [1.165, 1.54) is 10.9 Å². The Morgan fingerprint density at radius 2 is 1.91 bits per heavy atom. The van der Waals surface area contributed by atoms with Gasteiger partial charge in [-0.2, -0.15) is 0 Å². The molecule has 0 aliphatic carbocycles. The minimum Gasteiger partial charge on any atom is -0.444 e. The number of rotatable bonds is 8. The molecule has 0 bridgehead atoms. The van der Waals surface area contributed by atoms with E-state index >= 15 is 0 Å². The van der Waals surface area contributed by atoms with E-state index < -0.39 is 19.3 Å². The van der Waals surface area contributed by atoms with Crippen molar-refractivity contribution in [3.8, 4) is 0 Å². The third-order valence-electron chi connectivity index (χ3n) is 2.41. The molecule has 1 rings (SSSR count). The van der Waals surface area contributed by atoms with Crippen LogP contribution >= 0.6 is 7.60 Å². The minimum absolute atomic E-state index is 0.151. The number of carbonyl (C=O) groups is 1. The van der Waals surface area contributed by atoms with Crippen LogP contribution in [0.5, 0.6) is 0 Å². The lowest BCUT2D eigenvalue weighted by atomic mass is 10.2. The fourth-order valence-electron chi connectivity index (χ4n) is 1.62. The van der Waals surface area contributed by atoms with Crippen LogP contribution in [0.2, 0.25) is 0 Å². The Morgan fingerprint density at radius 1 is 1.30 bits per heavy atom. The standard InChI is InChI=1S/C13H25N4O5P/c1-6-20-23(19,21-7-2)11-10-17(16-15-11)9-8-14-12(18)22-13(3,4)5/h10H,6-9H2,1-5H3,(H,14,18). The molecule has 0 atom stereocenters. The number of hydrogen-bond donors (Lipinski definition) is 1. The maximum Gasteiger partial charge on any atom is 0.407 e. The summed E-state index contributed by atoms with van der Waals surface area (Å²) in [6, 6.07) is 0. The summed E-state index contributed by atoms with van der Waals surface area (Å²) in [6.07, 6.45) is 0.982. The van der Waals surface area contributed by atoms with Gasteiger partial charge in [-0.15, -0.1) is 5.10 Å². The van der Waals surface area contributed by atoms with E-state index in [-0.39, 0.29) is 18.6 Å². The maximum atomic E-state index is 12.5. The van der Waals surface area contributed by atoms with Crippen LogP contribution in [0, 0.1) is 0 Å². The van der Waals surface area contributed by atoms with E-state index in [1.54, 1.807) is 34.6 Å². The average molecular weight is 348 g/mol. The summed E-state index contributed by atoms with van der Waals surface area (Å²) in [6.45, 7) is 9.94. The van der Waals surface area contributed by atoms with E-state index in [2.05, 4.69) is 15.6 Å². The summed E-state index contributed by atoms with van der Waals surface area (Å²) in [5, 5.41) is 10.3. The van der Waals surface area contributed by atoms with Crippen LogP contribution < -0.4 is 10.8 Å². The first-order valence-electron chi connectivity index (χ1n) is 7.47. The lowest BCUT2D eigenvalue weighted by Gasteiger charge is -2.19. The first-order chi connectivity index (χ1) is 10.7. The number of ether oxygens (including phenoxy) is 1. The number of aromatic nitrogens is 3. The van der Waals surface area contributed by atoms with Crippen LogP contribution in [-0.4, -0.2) is 46.4 Å². The summed E-state index contributed by atoms with van der Waals surface area (Å²) in [5.74, 6) is 0. The predicted molar refractivity (Wildman–Crippen MR) is 84.8 cm³/mol. The van der Waals surface area contributed by atoms with Crippen LogP contribution in [0.3, 0.4) is 0 Å². The molecule has 0 radical (unpaired) electrons. The molecule has 132 valence electrons. The molecule has 1 N–H and O–H groups in total. The molecule has 1 heterocycles. The second kappa shape index (κ2) is 8.42. The number of alkyl carbamates (subject to hydrolysis) is 1. The van der Waals surface area contributed by atoms with Gasteiger partial charge in [-0.1, -0.05) is 5.21 Å². The number of hydrogen-bond acceptors (Lipinski definition) is 7. The van der Waals surface area contributed by atoms with Gasteiger partial charge in [0.15, 0.2) is 5.44 Å². The van der Waals surface area contributed by atoms with Crippen LogP contribution in [0.15, 0.2) is 6.20 Å². The third kappa shape index (κ3) is 6.68. The second-order valence-electron chi connectivity index (χ2n) is 5.60. The number of nitrogens with one attached hydrogen (secondary N) is 1. The van der Waals surface area contributed by atoms with E-state index in [0.29, 0.717) is 13.1 Å². The van der Waals surface area contributed by atoms with Gasteiger partial charge in [0.1, 0.15) is 5.60 Å². The van der Waals surface area contributed by atoms with E-state index in [4.69, 9.17) is 13.8 Å². The molecule has 0 aromatic carbocycles. The van der Waals surface area contributed by atoms with Gasteiger partial charge < -0.3 is 19.1 Å². The molecule has 1 aromatic heterocycles. The third-order valence-corrected chi connectivity index (χ3v) is 4.38. The van der Waals surface area contributed by atoms with Gasteiger partial charge in [-0.25, -0.2) is 9.48 Å². The highest BCUT2D eigenvalue weighted by atomic mass is 31.2.